The van der Waals surface area contributed by atoms with E-state index in [0.29, 0.717) is 5.88 Å². The summed E-state index contributed by atoms with van der Waals surface area (Å²) >= 11 is 0. The Morgan fingerprint density at radius 3 is 2.00 bits per heavy atom. The van der Waals surface area contributed by atoms with Crippen molar-refractivity contribution in [2.75, 3.05) is 0 Å². The molecule has 0 amide bonds. The van der Waals surface area contributed by atoms with E-state index >= 15 is 0 Å². The molecular formula is C14H17F3IN3O. The molecule has 0 saturated carbocycles. The molecule has 2 aromatic rings. The Hall–Kier alpha value is -1.45. The van der Waals surface area contributed by atoms with Crippen LogP contribution in [0.5, 0.6) is 11.6 Å². The molecule has 0 aliphatic heterocycles. The fourth-order valence-electron chi connectivity index (χ4n) is 1.49. The van der Waals surface area contributed by atoms with E-state index in [2.05, 4.69) is 15.0 Å². The van der Waals surface area contributed by atoms with E-state index in [1.807, 2.05) is 26.8 Å². The Kier molecular flexibility index (Phi) is 8.28. The van der Waals surface area contributed by atoms with E-state index in [4.69, 9.17) is 4.74 Å². The number of ether oxygens (including phenoxy) is 1. The highest BCUT2D eigenvalue weighted by Crippen LogP contribution is 2.27. The normalized spacial score (nSPS) is 10.1. The number of alkyl halides is 3. The topological polar surface area (TPSA) is 47.9 Å². The van der Waals surface area contributed by atoms with Gasteiger partial charge in [0.1, 0.15) is 0 Å². The minimum atomic E-state index is -4.56. The molecule has 0 bridgehead atoms. The summed E-state index contributed by atoms with van der Waals surface area (Å²) in [7, 11) is 0. The summed E-state index contributed by atoms with van der Waals surface area (Å²) in [5.41, 5.74) is 1.69. The quantitative estimate of drug-likeness (QED) is 0.637. The minimum Gasteiger partial charge on any atom is -0.436 e. The molecule has 0 N–H and O–H groups in total. The zero-order valence-electron chi connectivity index (χ0n) is 12.6. The van der Waals surface area contributed by atoms with Crippen LogP contribution in [0, 0.1) is 13.8 Å². The van der Waals surface area contributed by atoms with Crippen LogP contribution in [0.4, 0.5) is 13.2 Å². The maximum Gasteiger partial charge on any atom is 0.451 e. The average Bonchev–Trinajstić information content (AvgIpc) is 2.39. The summed E-state index contributed by atoms with van der Waals surface area (Å²) < 4.78 is 42.1. The first-order chi connectivity index (χ1) is 9.84. The summed E-state index contributed by atoms with van der Waals surface area (Å²) in [4.78, 5) is 10.5. The molecule has 2 heterocycles. The summed E-state index contributed by atoms with van der Waals surface area (Å²) in [6.07, 6.45) is -2.62. The third kappa shape index (κ3) is 6.12. The van der Waals surface area contributed by atoms with Crippen LogP contribution in [-0.4, -0.2) is 15.0 Å². The van der Waals surface area contributed by atoms with Crippen molar-refractivity contribution in [1.29, 1.82) is 0 Å². The molecule has 0 aromatic carbocycles. The monoisotopic (exact) mass is 427 g/mol. The first-order valence-corrected chi connectivity index (χ1v) is 6.37. The second-order valence-corrected chi connectivity index (χ2v) is 3.97. The van der Waals surface area contributed by atoms with Crippen molar-refractivity contribution in [3.05, 3.63) is 41.6 Å². The molecule has 0 spiro atoms. The van der Waals surface area contributed by atoms with Crippen LogP contribution in [-0.2, 0) is 6.18 Å². The third-order valence-electron chi connectivity index (χ3n) is 2.18. The number of nitrogens with zero attached hydrogens (tertiary/aromatic N) is 3. The van der Waals surface area contributed by atoms with Crippen molar-refractivity contribution in [3.8, 4) is 11.6 Å². The minimum absolute atomic E-state index is 0. The standard InChI is InChI=1S/C12H10F3N3O.C2H6.HI/c1-7-3-8(2)18-10(4-7)19-9-5-16-11(17-6-9)12(13,14)15;1-2;/h3-6H,1-2H3;1-2H3;1H. The summed E-state index contributed by atoms with van der Waals surface area (Å²) in [6.45, 7) is 7.66. The van der Waals surface area contributed by atoms with E-state index in [9.17, 15) is 13.2 Å². The van der Waals surface area contributed by atoms with Gasteiger partial charge < -0.3 is 4.74 Å². The number of aryl methyl sites for hydroxylation is 2. The van der Waals surface area contributed by atoms with E-state index in [-0.39, 0.29) is 29.7 Å². The molecule has 2 aromatic heterocycles. The molecule has 0 fully saturated rings. The van der Waals surface area contributed by atoms with Gasteiger partial charge in [-0.3, -0.25) is 0 Å². The van der Waals surface area contributed by atoms with Gasteiger partial charge in [-0.15, -0.1) is 24.0 Å². The van der Waals surface area contributed by atoms with Crippen molar-refractivity contribution in [2.24, 2.45) is 0 Å². The summed E-state index contributed by atoms with van der Waals surface area (Å²) in [5, 5.41) is 0. The van der Waals surface area contributed by atoms with Crippen LogP contribution >= 0.6 is 24.0 Å². The molecule has 2 rings (SSSR count). The molecule has 0 aliphatic carbocycles. The molecular weight excluding hydrogens is 410 g/mol. The fraction of sp³-hybridized carbons (Fsp3) is 0.357. The Balaban J connectivity index is 0.00000141. The maximum absolute atomic E-state index is 12.3. The van der Waals surface area contributed by atoms with Crippen molar-refractivity contribution in [1.82, 2.24) is 15.0 Å². The highest BCUT2D eigenvalue weighted by Gasteiger charge is 2.34. The molecule has 22 heavy (non-hydrogen) atoms. The Morgan fingerprint density at radius 1 is 1.00 bits per heavy atom. The number of pyridine rings is 1. The zero-order valence-corrected chi connectivity index (χ0v) is 14.9. The predicted octanol–water partition coefficient (Wildman–Crippen LogP) is 4.94. The summed E-state index contributed by atoms with van der Waals surface area (Å²) in [6, 6.07) is 3.53. The lowest BCUT2D eigenvalue weighted by Gasteiger charge is -2.07. The highest BCUT2D eigenvalue weighted by atomic mass is 127. The van der Waals surface area contributed by atoms with Gasteiger partial charge in [-0.1, -0.05) is 13.8 Å². The van der Waals surface area contributed by atoms with Gasteiger partial charge in [0.2, 0.25) is 11.7 Å². The lowest BCUT2D eigenvalue weighted by molar-refractivity contribution is -0.145. The first-order valence-electron chi connectivity index (χ1n) is 6.37. The second-order valence-electron chi connectivity index (χ2n) is 3.97. The summed E-state index contributed by atoms with van der Waals surface area (Å²) in [5.74, 6) is -0.806. The maximum atomic E-state index is 12.3. The van der Waals surface area contributed by atoms with Crippen LogP contribution in [0.2, 0.25) is 0 Å². The van der Waals surface area contributed by atoms with Crippen molar-refractivity contribution < 1.29 is 17.9 Å². The van der Waals surface area contributed by atoms with Crippen LogP contribution in [0.15, 0.2) is 24.5 Å². The Labute approximate surface area is 144 Å². The molecule has 122 valence electrons. The van der Waals surface area contributed by atoms with Crippen LogP contribution in [0.3, 0.4) is 0 Å². The Bertz CT molecular complexity index is 569. The van der Waals surface area contributed by atoms with Gasteiger partial charge in [-0.2, -0.15) is 13.2 Å². The number of hydrogen-bond donors (Lipinski definition) is 0. The molecule has 0 aliphatic rings. The van der Waals surface area contributed by atoms with Gasteiger partial charge in [0.05, 0.1) is 12.4 Å². The highest BCUT2D eigenvalue weighted by molar-refractivity contribution is 14.0. The van der Waals surface area contributed by atoms with Crippen LogP contribution < -0.4 is 4.74 Å². The first kappa shape index (κ1) is 20.6. The zero-order chi connectivity index (χ0) is 16.0. The fourth-order valence-corrected chi connectivity index (χ4v) is 1.49. The van der Waals surface area contributed by atoms with Crippen molar-refractivity contribution >= 4 is 24.0 Å². The second kappa shape index (κ2) is 8.86. The molecule has 0 unspecified atom stereocenters. The molecule has 0 radical (unpaired) electrons. The lowest BCUT2D eigenvalue weighted by atomic mass is 10.2. The van der Waals surface area contributed by atoms with Crippen molar-refractivity contribution in [3.63, 3.8) is 0 Å². The SMILES string of the molecule is CC.Cc1cc(C)nc(Oc2cnc(C(F)(F)F)nc2)c1.I. The smallest absolute Gasteiger partial charge is 0.436 e. The van der Waals surface area contributed by atoms with Gasteiger partial charge in [0, 0.05) is 11.8 Å². The van der Waals surface area contributed by atoms with Gasteiger partial charge in [-0.25, -0.2) is 15.0 Å². The van der Waals surface area contributed by atoms with E-state index in [1.165, 1.54) is 0 Å². The van der Waals surface area contributed by atoms with Gasteiger partial charge in [0.15, 0.2) is 5.75 Å². The predicted molar refractivity (Wildman–Crippen MR) is 87.6 cm³/mol. The van der Waals surface area contributed by atoms with Crippen LogP contribution in [0.1, 0.15) is 30.9 Å². The molecule has 8 heteroatoms. The van der Waals surface area contributed by atoms with Crippen molar-refractivity contribution in [2.45, 2.75) is 33.9 Å². The average molecular weight is 427 g/mol. The number of rotatable bonds is 2. The third-order valence-corrected chi connectivity index (χ3v) is 2.18. The number of halogens is 4. The van der Waals surface area contributed by atoms with Gasteiger partial charge in [0.25, 0.3) is 0 Å². The van der Waals surface area contributed by atoms with E-state index < -0.39 is 12.0 Å². The van der Waals surface area contributed by atoms with Gasteiger partial charge in [-0.05, 0) is 25.5 Å². The number of hydrogen-bond acceptors (Lipinski definition) is 4. The number of aromatic nitrogens is 3. The Morgan fingerprint density at radius 2 is 1.55 bits per heavy atom. The van der Waals surface area contributed by atoms with E-state index in [1.54, 1.807) is 13.0 Å². The molecule has 4 nitrogen and oxygen atoms in total. The van der Waals surface area contributed by atoms with E-state index in [0.717, 1.165) is 23.7 Å². The van der Waals surface area contributed by atoms with Crippen LogP contribution in [0.25, 0.3) is 0 Å². The lowest BCUT2D eigenvalue weighted by Crippen LogP contribution is -2.10. The van der Waals surface area contributed by atoms with Gasteiger partial charge >= 0.3 is 6.18 Å². The largest absolute Gasteiger partial charge is 0.451 e. The molecule has 0 atom stereocenters. The molecule has 0 saturated heterocycles.